The van der Waals surface area contributed by atoms with Crippen molar-refractivity contribution in [1.82, 2.24) is 4.90 Å². The second kappa shape index (κ2) is 8.84. The van der Waals surface area contributed by atoms with Crippen LogP contribution in [0.25, 0.3) is 0 Å². The van der Waals surface area contributed by atoms with Crippen LogP contribution in [0.3, 0.4) is 0 Å². The van der Waals surface area contributed by atoms with Gasteiger partial charge in [-0.25, -0.2) is 0 Å². The van der Waals surface area contributed by atoms with Gasteiger partial charge in [-0.2, -0.15) is 0 Å². The number of methoxy groups -OCH3 is 1. The smallest absolute Gasteiger partial charge is 0.164 e. The molecule has 0 aromatic heterocycles. The van der Waals surface area contributed by atoms with Gasteiger partial charge in [0.15, 0.2) is 11.5 Å². The molecule has 1 atom stereocenters. The average molecular weight is 383 g/mol. The number of likely N-dealkylation sites (tertiary alicyclic amines) is 1. The lowest BCUT2D eigenvalue weighted by Crippen LogP contribution is -2.21. The first-order chi connectivity index (χ1) is 13.7. The molecule has 0 unspecified atom stereocenters. The van der Waals surface area contributed by atoms with Gasteiger partial charge < -0.3 is 19.3 Å². The van der Waals surface area contributed by atoms with E-state index < -0.39 is 0 Å². The van der Waals surface area contributed by atoms with E-state index >= 15 is 0 Å². The highest BCUT2D eigenvalue weighted by Gasteiger charge is 2.24. The summed E-state index contributed by atoms with van der Waals surface area (Å²) in [4.78, 5) is 2.49. The van der Waals surface area contributed by atoms with Crippen LogP contribution in [0, 0.1) is 5.92 Å². The molecule has 0 bridgehead atoms. The molecule has 28 heavy (non-hydrogen) atoms. The highest BCUT2D eigenvalue weighted by Crippen LogP contribution is 2.37. The summed E-state index contributed by atoms with van der Waals surface area (Å²) >= 11 is 0. The summed E-state index contributed by atoms with van der Waals surface area (Å²) in [5, 5.41) is 9.19. The maximum Gasteiger partial charge on any atom is 0.164 e. The molecule has 2 aliphatic rings. The van der Waals surface area contributed by atoms with E-state index in [-0.39, 0.29) is 6.61 Å². The molecule has 0 aliphatic carbocycles. The van der Waals surface area contributed by atoms with Crippen LogP contribution in [0.2, 0.25) is 0 Å². The zero-order chi connectivity index (χ0) is 19.3. The van der Waals surface area contributed by atoms with Crippen molar-refractivity contribution in [2.45, 2.75) is 32.4 Å². The topological polar surface area (TPSA) is 51.2 Å². The van der Waals surface area contributed by atoms with Gasteiger partial charge in [0.1, 0.15) is 5.75 Å². The molecule has 2 aromatic rings. The number of nitrogens with zero attached hydrogens (tertiary/aromatic N) is 1. The van der Waals surface area contributed by atoms with Crippen LogP contribution in [-0.4, -0.2) is 43.4 Å². The van der Waals surface area contributed by atoms with E-state index in [2.05, 4.69) is 23.1 Å². The third kappa shape index (κ3) is 4.42. The molecule has 0 amide bonds. The monoisotopic (exact) mass is 383 g/mol. The van der Waals surface area contributed by atoms with Crippen molar-refractivity contribution in [2.75, 3.05) is 33.4 Å². The number of rotatable bonds is 6. The van der Waals surface area contributed by atoms with Crippen molar-refractivity contribution >= 4 is 0 Å². The predicted octanol–water partition coefficient (Wildman–Crippen LogP) is 3.41. The van der Waals surface area contributed by atoms with Crippen LogP contribution < -0.4 is 14.2 Å². The predicted molar refractivity (Wildman–Crippen MR) is 108 cm³/mol. The largest absolute Gasteiger partial charge is 0.496 e. The van der Waals surface area contributed by atoms with Crippen LogP contribution in [0.4, 0.5) is 0 Å². The van der Waals surface area contributed by atoms with Crippen LogP contribution >= 0.6 is 0 Å². The van der Waals surface area contributed by atoms with Gasteiger partial charge in [-0.3, -0.25) is 4.90 Å². The molecule has 1 N–H and O–H groups in total. The highest BCUT2D eigenvalue weighted by atomic mass is 16.5. The maximum atomic E-state index is 9.19. The maximum absolute atomic E-state index is 9.19. The van der Waals surface area contributed by atoms with E-state index in [1.165, 1.54) is 12.0 Å². The van der Waals surface area contributed by atoms with Crippen molar-refractivity contribution in [2.24, 2.45) is 5.92 Å². The van der Waals surface area contributed by atoms with Gasteiger partial charge in [0.2, 0.25) is 0 Å². The number of benzene rings is 2. The molecule has 5 heteroatoms. The summed E-state index contributed by atoms with van der Waals surface area (Å²) in [6.45, 7) is 4.52. The fourth-order valence-electron chi connectivity index (χ4n) is 4.12. The van der Waals surface area contributed by atoms with Gasteiger partial charge in [0.05, 0.1) is 26.9 Å². The number of hydrogen-bond acceptors (Lipinski definition) is 5. The molecule has 4 rings (SSSR count). The Morgan fingerprint density at radius 2 is 1.79 bits per heavy atom. The lowest BCUT2D eigenvalue weighted by molar-refractivity contribution is 0.282. The molecule has 1 fully saturated rings. The fraction of sp³-hybridized carbons (Fsp3) is 0.478. The third-order valence-corrected chi connectivity index (χ3v) is 5.64. The summed E-state index contributed by atoms with van der Waals surface area (Å²) in [7, 11) is 1.71. The number of aliphatic hydroxyl groups is 1. The minimum atomic E-state index is 0.106. The Balaban J connectivity index is 1.40. The lowest BCUT2D eigenvalue weighted by Gasteiger charge is -2.20. The van der Waals surface area contributed by atoms with Crippen LogP contribution in [0.15, 0.2) is 36.4 Å². The van der Waals surface area contributed by atoms with E-state index in [9.17, 15) is 5.11 Å². The molecule has 2 aromatic carbocycles. The Morgan fingerprint density at radius 3 is 2.50 bits per heavy atom. The quantitative estimate of drug-likeness (QED) is 0.828. The highest BCUT2D eigenvalue weighted by molar-refractivity contribution is 5.51. The van der Waals surface area contributed by atoms with E-state index in [0.717, 1.165) is 60.9 Å². The zero-order valence-electron chi connectivity index (χ0n) is 16.5. The number of hydrogen-bond donors (Lipinski definition) is 1. The van der Waals surface area contributed by atoms with Crippen LogP contribution in [0.1, 0.15) is 29.5 Å². The molecule has 0 saturated carbocycles. The number of aliphatic hydroxyl groups excluding tert-OH is 1. The Morgan fingerprint density at radius 1 is 1.07 bits per heavy atom. The fourth-order valence-corrected chi connectivity index (χ4v) is 4.12. The van der Waals surface area contributed by atoms with E-state index in [0.29, 0.717) is 19.1 Å². The lowest BCUT2D eigenvalue weighted by atomic mass is 9.98. The van der Waals surface area contributed by atoms with Crippen molar-refractivity contribution in [3.05, 3.63) is 53.1 Å². The molecular formula is C23H29NO4. The van der Waals surface area contributed by atoms with Crippen molar-refractivity contribution in [3.8, 4) is 17.2 Å². The Kier molecular flexibility index (Phi) is 6.03. The Labute approximate surface area is 166 Å². The van der Waals surface area contributed by atoms with Gasteiger partial charge in [-0.05, 0) is 42.5 Å². The third-order valence-electron chi connectivity index (χ3n) is 5.64. The van der Waals surface area contributed by atoms with Crippen molar-refractivity contribution in [1.29, 1.82) is 0 Å². The minimum absolute atomic E-state index is 0.106. The molecule has 5 nitrogen and oxygen atoms in total. The molecule has 2 heterocycles. The van der Waals surface area contributed by atoms with E-state index in [1.54, 1.807) is 7.11 Å². The summed E-state index contributed by atoms with van der Waals surface area (Å²) in [6, 6.07) is 12.4. The first-order valence-electron chi connectivity index (χ1n) is 10.1. The summed E-state index contributed by atoms with van der Waals surface area (Å²) in [5.74, 6) is 3.13. The van der Waals surface area contributed by atoms with Gasteiger partial charge in [0, 0.05) is 31.1 Å². The standard InChI is InChI=1S/C23H29NO4/c1-26-21-13-23-22(27-9-2-10-28-23)12-20(21)15-24-8-7-19(14-24)11-17-3-5-18(16-25)6-4-17/h3-6,12-13,19,25H,2,7-11,14-16H2,1H3/t19-/m0/s1. The minimum Gasteiger partial charge on any atom is -0.496 e. The molecule has 150 valence electrons. The van der Waals surface area contributed by atoms with Crippen molar-refractivity contribution in [3.63, 3.8) is 0 Å². The first-order valence-corrected chi connectivity index (χ1v) is 10.1. The summed E-state index contributed by atoms with van der Waals surface area (Å²) in [6.07, 6.45) is 3.19. The Bertz CT molecular complexity index is 790. The Hall–Kier alpha value is -2.24. The average Bonchev–Trinajstić information content (AvgIpc) is 3.03. The first kappa shape index (κ1) is 19.1. The second-order valence-corrected chi connectivity index (χ2v) is 7.73. The summed E-state index contributed by atoms with van der Waals surface area (Å²) < 4.78 is 17.3. The van der Waals surface area contributed by atoms with Gasteiger partial charge in [-0.15, -0.1) is 0 Å². The SMILES string of the molecule is COc1cc2c(cc1CN1CC[C@@H](Cc3ccc(CO)cc3)C1)OCCCO2. The normalized spacial score (nSPS) is 19.4. The van der Waals surface area contributed by atoms with Gasteiger partial charge in [0.25, 0.3) is 0 Å². The molecule has 0 spiro atoms. The number of ether oxygens (including phenoxy) is 3. The zero-order valence-corrected chi connectivity index (χ0v) is 16.5. The molecule has 2 aliphatic heterocycles. The number of fused-ring (bicyclic) bond motifs is 1. The molecular weight excluding hydrogens is 354 g/mol. The van der Waals surface area contributed by atoms with E-state index in [1.807, 2.05) is 18.2 Å². The van der Waals surface area contributed by atoms with Gasteiger partial charge >= 0.3 is 0 Å². The molecule has 1 saturated heterocycles. The van der Waals surface area contributed by atoms with Crippen molar-refractivity contribution < 1.29 is 19.3 Å². The van der Waals surface area contributed by atoms with Crippen LogP contribution in [0.5, 0.6) is 17.2 Å². The molecule has 0 radical (unpaired) electrons. The van der Waals surface area contributed by atoms with Crippen LogP contribution in [-0.2, 0) is 19.6 Å². The van der Waals surface area contributed by atoms with Gasteiger partial charge in [-0.1, -0.05) is 24.3 Å². The second-order valence-electron chi connectivity index (χ2n) is 7.73. The van der Waals surface area contributed by atoms with E-state index in [4.69, 9.17) is 14.2 Å². The summed E-state index contributed by atoms with van der Waals surface area (Å²) in [5.41, 5.74) is 3.47.